The molecular formula is C11H15FN2O2. The van der Waals surface area contributed by atoms with E-state index in [0.29, 0.717) is 18.7 Å². The van der Waals surface area contributed by atoms with E-state index in [0.717, 1.165) is 6.42 Å². The van der Waals surface area contributed by atoms with E-state index in [1.54, 1.807) is 7.11 Å². The predicted octanol–water partition coefficient (Wildman–Crippen LogP) is 1.17. The Morgan fingerprint density at radius 2 is 2.31 bits per heavy atom. The van der Waals surface area contributed by atoms with Crippen LogP contribution in [0.4, 0.5) is 10.1 Å². The minimum absolute atomic E-state index is 0.0236. The molecule has 0 atom stereocenters. The molecule has 1 aromatic carbocycles. The lowest BCUT2D eigenvalue weighted by atomic mass is 10.2. The van der Waals surface area contributed by atoms with Crippen LogP contribution in [0.5, 0.6) is 0 Å². The number of carbonyl (C=O) groups excluding carboxylic acids is 1. The van der Waals surface area contributed by atoms with Crippen molar-refractivity contribution in [1.29, 1.82) is 0 Å². The molecule has 4 nitrogen and oxygen atoms in total. The first-order chi connectivity index (χ1) is 7.65. The van der Waals surface area contributed by atoms with Crippen LogP contribution in [0.2, 0.25) is 0 Å². The topological polar surface area (TPSA) is 64.3 Å². The van der Waals surface area contributed by atoms with Crippen LogP contribution in [-0.2, 0) is 4.74 Å². The lowest BCUT2D eigenvalue weighted by molar-refractivity contribution is 0.0948. The molecule has 88 valence electrons. The van der Waals surface area contributed by atoms with Crippen molar-refractivity contribution in [2.45, 2.75) is 6.42 Å². The van der Waals surface area contributed by atoms with E-state index in [9.17, 15) is 9.18 Å². The smallest absolute Gasteiger partial charge is 0.251 e. The number of amides is 1. The third-order valence-corrected chi connectivity index (χ3v) is 2.07. The Morgan fingerprint density at radius 3 is 2.94 bits per heavy atom. The van der Waals surface area contributed by atoms with Crippen molar-refractivity contribution in [3.8, 4) is 0 Å². The summed E-state index contributed by atoms with van der Waals surface area (Å²) < 4.78 is 17.7. The number of nitrogen functional groups attached to an aromatic ring is 1. The molecule has 5 heteroatoms. The molecule has 0 radical (unpaired) electrons. The number of rotatable bonds is 5. The molecule has 1 amide bonds. The number of methoxy groups -OCH3 is 1. The van der Waals surface area contributed by atoms with E-state index in [2.05, 4.69) is 5.32 Å². The molecule has 0 aliphatic carbocycles. The van der Waals surface area contributed by atoms with Gasteiger partial charge in [0.1, 0.15) is 5.82 Å². The Bertz CT molecular complexity index is 369. The van der Waals surface area contributed by atoms with E-state index in [-0.39, 0.29) is 11.6 Å². The summed E-state index contributed by atoms with van der Waals surface area (Å²) in [6.07, 6.45) is 0.735. The molecule has 0 fully saturated rings. The molecular weight excluding hydrogens is 211 g/mol. The lowest BCUT2D eigenvalue weighted by Crippen LogP contribution is -2.25. The molecule has 16 heavy (non-hydrogen) atoms. The molecule has 1 aromatic rings. The van der Waals surface area contributed by atoms with Gasteiger partial charge >= 0.3 is 0 Å². The predicted molar refractivity (Wildman–Crippen MR) is 59.6 cm³/mol. The Balaban J connectivity index is 2.50. The third-order valence-electron chi connectivity index (χ3n) is 2.07. The van der Waals surface area contributed by atoms with Gasteiger partial charge in [0.25, 0.3) is 5.91 Å². The van der Waals surface area contributed by atoms with Crippen molar-refractivity contribution in [3.63, 3.8) is 0 Å². The van der Waals surface area contributed by atoms with Gasteiger partial charge in [-0.15, -0.1) is 0 Å². The number of anilines is 1. The van der Waals surface area contributed by atoms with E-state index in [1.807, 2.05) is 0 Å². The first kappa shape index (κ1) is 12.4. The van der Waals surface area contributed by atoms with Gasteiger partial charge in [-0.2, -0.15) is 0 Å². The number of ether oxygens (including phenoxy) is 1. The maximum absolute atomic E-state index is 12.8. The monoisotopic (exact) mass is 226 g/mol. The van der Waals surface area contributed by atoms with Gasteiger partial charge in [-0.25, -0.2) is 4.39 Å². The molecule has 0 heterocycles. The second-order valence-corrected chi connectivity index (χ2v) is 3.34. The minimum Gasteiger partial charge on any atom is -0.396 e. The Kier molecular flexibility index (Phi) is 4.72. The number of hydrogen-bond donors (Lipinski definition) is 2. The zero-order chi connectivity index (χ0) is 12.0. The Hall–Kier alpha value is -1.62. The number of benzene rings is 1. The number of nitrogens with two attached hydrogens (primary N) is 1. The second kappa shape index (κ2) is 6.07. The van der Waals surface area contributed by atoms with Crippen LogP contribution in [0, 0.1) is 5.82 Å². The summed E-state index contributed by atoms with van der Waals surface area (Å²) in [4.78, 5) is 11.5. The average Bonchev–Trinajstić information content (AvgIpc) is 2.28. The number of hydrogen-bond acceptors (Lipinski definition) is 3. The van der Waals surface area contributed by atoms with Crippen LogP contribution in [0.25, 0.3) is 0 Å². The summed E-state index contributed by atoms with van der Waals surface area (Å²) in [5.41, 5.74) is 5.69. The number of nitrogens with one attached hydrogen (secondary N) is 1. The highest BCUT2D eigenvalue weighted by atomic mass is 19.1. The van der Waals surface area contributed by atoms with Crippen LogP contribution in [0.15, 0.2) is 18.2 Å². The fourth-order valence-corrected chi connectivity index (χ4v) is 1.21. The first-order valence-corrected chi connectivity index (χ1v) is 4.97. The number of carbonyl (C=O) groups is 1. The highest BCUT2D eigenvalue weighted by Gasteiger charge is 2.07. The quantitative estimate of drug-likeness (QED) is 0.585. The molecule has 0 saturated heterocycles. The standard InChI is InChI=1S/C11H15FN2O2/c1-16-6-2-5-14-11(15)8-3-4-9(12)10(13)7-8/h3-4,7H,2,5-6,13H2,1H3,(H,14,15). The summed E-state index contributed by atoms with van der Waals surface area (Å²) in [6.45, 7) is 1.11. The van der Waals surface area contributed by atoms with E-state index in [4.69, 9.17) is 10.5 Å². The van der Waals surface area contributed by atoms with Crippen molar-refractivity contribution in [2.24, 2.45) is 0 Å². The number of halogens is 1. The SMILES string of the molecule is COCCCNC(=O)c1ccc(F)c(N)c1. The normalized spacial score (nSPS) is 10.1. The van der Waals surface area contributed by atoms with E-state index in [1.165, 1.54) is 18.2 Å². The summed E-state index contributed by atoms with van der Waals surface area (Å²) in [5, 5.41) is 2.68. The first-order valence-electron chi connectivity index (χ1n) is 4.97. The molecule has 0 aliphatic rings. The highest BCUT2D eigenvalue weighted by Crippen LogP contribution is 2.11. The van der Waals surface area contributed by atoms with Crippen LogP contribution >= 0.6 is 0 Å². The van der Waals surface area contributed by atoms with Crippen LogP contribution in [0.3, 0.4) is 0 Å². The summed E-state index contributed by atoms with van der Waals surface area (Å²) >= 11 is 0. The van der Waals surface area contributed by atoms with Crippen molar-refractivity contribution in [3.05, 3.63) is 29.6 Å². The zero-order valence-electron chi connectivity index (χ0n) is 9.13. The van der Waals surface area contributed by atoms with Gasteiger partial charge in [-0.3, -0.25) is 4.79 Å². The zero-order valence-corrected chi connectivity index (χ0v) is 9.13. The molecule has 1 rings (SSSR count). The Labute approximate surface area is 93.6 Å². The third kappa shape index (κ3) is 3.51. The summed E-state index contributed by atoms with van der Waals surface area (Å²) in [5.74, 6) is -0.779. The summed E-state index contributed by atoms with van der Waals surface area (Å²) in [7, 11) is 1.60. The molecule has 0 aliphatic heterocycles. The van der Waals surface area contributed by atoms with Crippen molar-refractivity contribution in [1.82, 2.24) is 5.32 Å². The van der Waals surface area contributed by atoms with E-state index >= 15 is 0 Å². The molecule has 0 saturated carbocycles. The minimum atomic E-state index is -0.518. The Morgan fingerprint density at radius 1 is 1.56 bits per heavy atom. The van der Waals surface area contributed by atoms with Gasteiger partial charge in [0, 0.05) is 25.8 Å². The van der Waals surface area contributed by atoms with Gasteiger partial charge in [0.2, 0.25) is 0 Å². The maximum atomic E-state index is 12.8. The van der Waals surface area contributed by atoms with Gasteiger partial charge < -0.3 is 15.8 Å². The van der Waals surface area contributed by atoms with Gasteiger partial charge in [-0.05, 0) is 24.6 Å². The van der Waals surface area contributed by atoms with Crippen LogP contribution in [-0.4, -0.2) is 26.2 Å². The molecule has 0 spiro atoms. The van der Waals surface area contributed by atoms with Crippen molar-refractivity contribution < 1.29 is 13.9 Å². The van der Waals surface area contributed by atoms with Crippen molar-refractivity contribution in [2.75, 3.05) is 26.0 Å². The second-order valence-electron chi connectivity index (χ2n) is 3.34. The largest absolute Gasteiger partial charge is 0.396 e. The van der Waals surface area contributed by atoms with Crippen LogP contribution < -0.4 is 11.1 Å². The molecule has 3 N–H and O–H groups in total. The summed E-state index contributed by atoms with van der Waals surface area (Å²) in [6, 6.07) is 3.90. The average molecular weight is 226 g/mol. The van der Waals surface area contributed by atoms with Gasteiger partial charge in [0.15, 0.2) is 0 Å². The molecule has 0 aromatic heterocycles. The van der Waals surface area contributed by atoms with Gasteiger partial charge in [0.05, 0.1) is 5.69 Å². The molecule has 0 bridgehead atoms. The fourth-order valence-electron chi connectivity index (χ4n) is 1.21. The lowest BCUT2D eigenvalue weighted by Gasteiger charge is -2.05. The fraction of sp³-hybridized carbons (Fsp3) is 0.364. The maximum Gasteiger partial charge on any atom is 0.251 e. The highest BCUT2D eigenvalue weighted by molar-refractivity contribution is 5.94. The van der Waals surface area contributed by atoms with Crippen LogP contribution in [0.1, 0.15) is 16.8 Å². The van der Waals surface area contributed by atoms with E-state index < -0.39 is 5.82 Å². The van der Waals surface area contributed by atoms with Crippen molar-refractivity contribution >= 4 is 11.6 Å². The van der Waals surface area contributed by atoms with Gasteiger partial charge in [-0.1, -0.05) is 0 Å². The molecule has 0 unspecified atom stereocenters.